The average Bonchev–Trinajstić information content (AvgIpc) is 1.71. The van der Waals surface area contributed by atoms with Crippen LogP contribution >= 0.6 is 18.1 Å². The van der Waals surface area contributed by atoms with Crippen LogP contribution in [-0.2, 0) is 0 Å². The Morgan fingerprint density at radius 3 is 1.38 bits per heavy atom. The largest absolute Gasteiger partial charge is 0.618 e. The van der Waals surface area contributed by atoms with Crippen LogP contribution in [0, 0.1) is 13.8 Å². The predicted octanol–water partition coefficient (Wildman–Crippen LogP) is 2.82. The van der Waals surface area contributed by atoms with Crippen LogP contribution < -0.4 is 0 Å². The summed E-state index contributed by atoms with van der Waals surface area (Å²) in [6, 6.07) is 0. The predicted molar refractivity (Wildman–Crippen MR) is 42.0 cm³/mol. The second-order valence-electron chi connectivity index (χ2n) is 1.16. The van der Waals surface area contributed by atoms with Gasteiger partial charge in [0.2, 0.25) is 0 Å². The van der Waals surface area contributed by atoms with Crippen LogP contribution in [0.25, 0.3) is 0 Å². The number of hydrogen-bond donors (Lipinski definition) is 0. The van der Waals surface area contributed by atoms with E-state index in [1.165, 1.54) is 6.42 Å². The van der Waals surface area contributed by atoms with Crippen molar-refractivity contribution in [3.05, 3.63) is 13.8 Å². The maximum atomic E-state index is 4.90. The van der Waals surface area contributed by atoms with Crippen LogP contribution in [0.2, 0.25) is 0 Å². The number of unbranched alkanes of at least 4 members (excludes halogenated alkanes) is 2. The molecule has 0 aliphatic rings. The van der Waals surface area contributed by atoms with E-state index in [9.17, 15) is 0 Å². The standard InChI is InChI=1S/C5H10.2ClH.Mg/c1-3-5-4-2;;;/h1-5H2;2*1H;/q;;;+2/p-2. The zero-order valence-electron chi connectivity index (χ0n) is 5.00. The van der Waals surface area contributed by atoms with Gasteiger partial charge in [0.15, 0.2) is 0 Å². The quantitative estimate of drug-likeness (QED) is 0.552. The fourth-order valence-corrected chi connectivity index (χ4v) is 0.177. The van der Waals surface area contributed by atoms with Crippen molar-refractivity contribution in [2.75, 3.05) is 0 Å². The minimum Gasteiger partial charge on any atom is -0.309 e. The van der Waals surface area contributed by atoms with Crippen molar-refractivity contribution >= 4 is 36.3 Å². The van der Waals surface area contributed by atoms with Gasteiger partial charge < -0.3 is 18.1 Å². The van der Waals surface area contributed by atoms with Crippen molar-refractivity contribution in [2.45, 2.75) is 19.3 Å². The summed E-state index contributed by atoms with van der Waals surface area (Å²) in [7, 11) is 9.81. The summed E-state index contributed by atoms with van der Waals surface area (Å²) in [5.74, 6) is 0. The first-order valence-electron chi connectivity index (χ1n) is 2.53. The van der Waals surface area contributed by atoms with E-state index in [-0.39, 0.29) is 0 Å². The van der Waals surface area contributed by atoms with E-state index in [0.29, 0.717) is 0 Å². The molecule has 0 aromatic heterocycles. The maximum absolute atomic E-state index is 4.90. The van der Waals surface area contributed by atoms with Gasteiger partial charge in [-0.3, -0.25) is 0 Å². The number of halogens is 2. The van der Waals surface area contributed by atoms with Crippen molar-refractivity contribution in [3.63, 3.8) is 0 Å². The molecule has 2 radical (unpaired) electrons. The lowest BCUT2D eigenvalue weighted by molar-refractivity contribution is 0.864. The molecule has 8 heavy (non-hydrogen) atoms. The van der Waals surface area contributed by atoms with Crippen molar-refractivity contribution in [3.8, 4) is 0 Å². The van der Waals surface area contributed by atoms with Crippen LogP contribution in [0.5, 0.6) is 0 Å². The SMILES string of the molecule is [CH2]CCC[CH2].[Cl][Mg][Cl]. The molecule has 0 rings (SSSR count). The van der Waals surface area contributed by atoms with Gasteiger partial charge in [-0.15, -0.1) is 0 Å². The van der Waals surface area contributed by atoms with E-state index < -0.39 is 18.2 Å². The molecule has 0 spiro atoms. The van der Waals surface area contributed by atoms with Gasteiger partial charge in [-0.1, -0.05) is 33.1 Å². The fourth-order valence-electron chi connectivity index (χ4n) is 0.177. The van der Waals surface area contributed by atoms with Gasteiger partial charge in [0.1, 0.15) is 0 Å². The minimum absolute atomic E-state index is 0.639. The Morgan fingerprint density at radius 2 is 1.38 bits per heavy atom. The Labute approximate surface area is 69.2 Å². The molecule has 0 unspecified atom stereocenters. The van der Waals surface area contributed by atoms with Crippen molar-refractivity contribution in [2.24, 2.45) is 0 Å². The highest BCUT2D eigenvalue weighted by atomic mass is 35.6. The maximum Gasteiger partial charge on any atom is 0.618 e. The third-order valence-electron chi connectivity index (χ3n) is 0.500. The van der Waals surface area contributed by atoms with Crippen LogP contribution in [0.1, 0.15) is 19.3 Å². The van der Waals surface area contributed by atoms with Crippen LogP contribution in [0.15, 0.2) is 0 Å². The van der Waals surface area contributed by atoms with Gasteiger partial charge in [-0.25, -0.2) is 0 Å². The fraction of sp³-hybridized carbons (Fsp3) is 0.600. The monoisotopic (exact) mass is 164 g/mol. The molecule has 0 nitrogen and oxygen atoms in total. The molecule has 0 aromatic carbocycles. The molecule has 0 aliphatic carbocycles. The molecule has 3 heteroatoms. The molecular formula is C5H10Cl2Mg. The number of rotatable bonds is 2. The van der Waals surface area contributed by atoms with E-state index >= 15 is 0 Å². The van der Waals surface area contributed by atoms with Gasteiger partial charge >= 0.3 is 18.2 Å². The summed E-state index contributed by atoms with van der Waals surface area (Å²) in [5.41, 5.74) is 0. The van der Waals surface area contributed by atoms with Gasteiger partial charge in [0, 0.05) is 0 Å². The molecule has 0 atom stereocenters. The first kappa shape index (κ1) is 12.1. The molecule has 0 N–H and O–H groups in total. The first-order valence-corrected chi connectivity index (χ1v) is 6.81. The van der Waals surface area contributed by atoms with E-state index in [1.807, 2.05) is 0 Å². The van der Waals surface area contributed by atoms with Gasteiger partial charge in [-0.2, -0.15) is 0 Å². The zero-order valence-corrected chi connectivity index (χ0v) is 7.92. The average molecular weight is 165 g/mol. The Bertz CT molecular complexity index is 24.4. The molecule has 0 amide bonds. The smallest absolute Gasteiger partial charge is 0.309 e. The van der Waals surface area contributed by atoms with E-state index in [0.717, 1.165) is 12.8 Å². The summed E-state index contributed by atoms with van der Waals surface area (Å²) in [6.07, 6.45) is 3.23. The molecule has 0 heterocycles. The third kappa shape index (κ3) is 26.4. The second-order valence-corrected chi connectivity index (χ2v) is 3.79. The third-order valence-corrected chi connectivity index (χ3v) is 0.500. The Balaban J connectivity index is 0. The second kappa shape index (κ2) is 15.8. The van der Waals surface area contributed by atoms with Crippen molar-refractivity contribution in [1.29, 1.82) is 0 Å². The Morgan fingerprint density at radius 1 is 1.12 bits per heavy atom. The van der Waals surface area contributed by atoms with E-state index in [1.54, 1.807) is 0 Å². The highest BCUT2D eigenvalue weighted by Crippen LogP contribution is 1.87. The summed E-state index contributed by atoms with van der Waals surface area (Å²) in [6.45, 7) is 7.27. The molecule has 0 saturated heterocycles. The summed E-state index contributed by atoms with van der Waals surface area (Å²) < 4.78 is 0. The van der Waals surface area contributed by atoms with Gasteiger partial charge in [-0.05, 0) is 0 Å². The minimum atomic E-state index is -0.639. The Kier molecular flexibility index (Phi) is 23.8. The lowest BCUT2D eigenvalue weighted by Gasteiger charge is -1.78. The van der Waals surface area contributed by atoms with Crippen LogP contribution in [0.4, 0.5) is 0 Å². The van der Waals surface area contributed by atoms with Crippen LogP contribution in [0.3, 0.4) is 0 Å². The first-order chi connectivity index (χ1) is 3.83. The summed E-state index contributed by atoms with van der Waals surface area (Å²) in [5, 5.41) is 0. The van der Waals surface area contributed by atoms with E-state index in [2.05, 4.69) is 13.8 Å². The Hall–Kier alpha value is 1.35. The lowest BCUT2D eigenvalue weighted by Crippen LogP contribution is -1.60. The lowest BCUT2D eigenvalue weighted by atomic mass is 10.3. The molecule has 0 aliphatic heterocycles. The zero-order chi connectivity index (χ0) is 6.83. The van der Waals surface area contributed by atoms with Gasteiger partial charge in [0.25, 0.3) is 0 Å². The molecule has 0 fully saturated rings. The van der Waals surface area contributed by atoms with Gasteiger partial charge in [0.05, 0.1) is 0 Å². The summed E-state index contributed by atoms with van der Waals surface area (Å²) in [4.78, 5) is 0. The summed E-state index contributed by atoms with van der Waals surface area (Å²) >= 11 is -0.639. The highest BCUT2D eigenvalue weighted by Gasteiger charge is 1.68. The number of hydrogen-bond acceptors (Lipinski definition) is 0. The molecule has 0 saturated carbocycles. The topological polar surface area (TPSA) is 0 Å². The molecule has 46 valence electrons. The van der Waals surface area contributed by atoms with Crippen molar-refractivity contribution < 1.29 is 0 Å². The molecule has 0 bridgehead atoms. The van der Waals surface area contributed by atoms with Crippen LogP contribution in [-0.4, -0.2) is 18.2 Å². The molecular weight excluding hydrogens is 155 g/mol. The highest BCUT2D eigenvalue weighted by molar-refractivity contribution is 7.22. The normalized spacial score (nSPS) is 6.50. The molecule has 0 aromatic rings. The van der Waals surface area contributed by atoms with E-state index in [4.69, 9.17) is 18.1 Å². The van der Waals surface area contributed by atoms with Crippen molar-refractivity contribution in [1.82, 2.24) is 0 Å².